The van der Waals surface area contributed by atoms with Crippen molar-refractivity contribution in [3.05, 3.63) is 28.8 Å². The fourth-order valence-electron chi connectivity index (χ4n) is 1.51. The normalized spacial score (nSPS) is 11.7. The number of primary sulfonamides is 1. The van der Waals surface area contributed by atoms with Crippen LogP contribution < -0.4 is 5.14 Å². The summed E-state index contributed by atoms with van der Waals surface area (Å²) in [6.07, 6.45) is 0. The molecule has 1 radical (unpaired) electrons. The third-order valence-corrected chi connectivity index (χ3v) is 3.00. The van der Waals surface area contributed by atoms with Crippen LogP contribution in [0, 0.1) is 26.8 Å². The maximum absolute atomic E-state index is 11.1. The van der Waals surface area contributed by atoms with Gasteiger partial charge in [0.25, 0.3) is 0 Å². The molecule has 0 heterocycles. The number of nitrogens with two attached hydrogens (primary N) is 1. The number of benzene rings is 1. The average molecular weight is 198 g/mol. The maximum Gasteiger partial charge on any atom is 0.238 e. The highest BCUT2D eigenvalue weighted by atomic mass is 32.2. The van der Waals surface area contributed by atoms with Crippen molar-refractivity contribution < 1.29 is 8.42 Å². The second kappa shape index (κ2) is 3.12. The molecule has 0 aliphatic rings. The van der Waals surface area contributed by atoms with E-state index in [1.54, 1.807) is 19.9 Å². The van der Waals surface area contributed by atoms with Crippen LogP contribution in [0.1, 0.15) is 16.7 Å². The molecule has 0 fully saturated rings. The van der Waals surface area contributed by atoms with Gasteiger partial charge in [-0.15, -0.1) is 0 Å². The first-order valence-corrected chi connectivity index (χ1v) is 5.40. The smallest absolute Gasteiger partial charge is 0.225 e. The molecule has 1 aromatic carbocycles. The van der Waals surface area contributed by atoms with Crippen LogP contribution in [0.3, 0.4) is 0 Å². The monoisotopic (exact) mass is 198 g/mol. The summed E-state index contributed by atoms with van der Waals surface area (Å²) in [7, 11) is -3.61. The lowest BCUT2D eigenvalue weighted by molar-refractivity contribution is 0.596. The quantitative estimate of drug-likeness (QED) is 0.733. The molecule has 3 nitrogen and oxygen atoms in total. The molecule has 0 aromatic heterocycles. The Morgan fingerprint density at radius 3 is 2.23 bits per heavy atom. The predicted molar refractivity (Wildman–Crippen MR) is 50.9 cm³/mol. The van der Waals surface area contributed by atoms with E-state index in [0.717, 1.165) is 5.56 Å². The highest BCUT2D eigenvalue weighted by Gasteiger charge is 2.14. The molecule has 2 N–H and O–H groups in total. The molecule has 71 valence electrons. The van der Waals surface area contributed by atoms with Crippen LogP contribution in [0.15, 0.2) is 11.0 Å². The summed E-state index contributed by atoms with van der Waals surface area (Å²) in [5, 5.41) is 5.06. The number of sulfonamides is 1. The molecule has 13 heavy (non-hydrogen) atoms. The van der Waals surface area contributed by atoms with Gasteiger partial charge in [0.1, 0.15) is 0 Å². The van der Waals surface area contributed by atoms with E-state index in [0.29, 0.717) is 11.1 Å². The highest BCUT2D eigenvalue weighted by molar-refractivity contribution is 7.89. The molecule has 0 aliphatic carbocycles. The SMILES string of the molecule is Cc1[c]c(C)c(S(N)(=O)=O)c(C)c1. The first kappa shape index (κ1) is 10.2. The molecule has 0 amide bonds. The van der Waals surface area contributed by atoms with Crippen molar-refractivity contribution in [2.24, 2.45) is 5.14 Å². The number of hydrogen-bond acceptors (Lipinski definition) is 2. The van der Waals surface area contributed by atoms with Gasteiger partial charge >= 0.3 is 0 Å². The zero-order valence-corrected chi connectivity index (χ0v) is 8.70. The molecule has 1 rings (SSSR count). The third kappa shape index (κ3) is 2.08. The Bertz CT molecular complexity index is 412. The van der Waals surface area contributed by atoms with E-state index in [2.05, 4.69) is 6.07 Å². The lowest BCUT2D eigenvalue weighted by Gasteiger charge is -2.07. The lowest BCUT2D eigenvalue weighted by atomic mass is 10.1. The molecule has 0 saturated carbocycles. The van der Waals surface area contributed by atoms with E-state index in [1.807, 2.05) is 6.92 Å². The molecule has 0 aliphatic heterocycles. The Labute approximate surface area is 78.6 Å². The van der Waals surface area contributed by atoms with Gasteiger partial charge in [-0.1, -0.05) is 6.07 Å². The Morgan fingerprint density at radius 1 is 1.31 bits per heavy atom. The Morgan fingerprint density at radius 2 is 1.85 bits per heavy atom. The van der Waals surface area contributed by atoms with E-state index in [-0.39, 0.29) is 4.90 Å². The van der Waals surface area contributed by atoms with Gasteiger partial charge in [-0.05, 0) is 43.5 Å². The van der Waals surface area contributed by atoms with Crippen LogP contribution in [0.2, 0.25) is 0 Å². The van der Waals surface area contributed by atoms with Gasteiger partial charge in [-0.3, -0.25) is 0 Å². The first-order chi connectivity index (χ1) is 5.82. The van der Waals surface area contributed by atoms with Crippen LogP contribution >= 0.6 is 0 Å². The summed E-state index contributed by atoms with van der Waals surface area (Å²) in [6.45, 7) is 5.29. The van der Waals surface area contributed by atoms with Crippen molar-refractivity contribution in [2.75, 3.05) is 0 Å². The summed E-state index contributed by atoms with van der Waals surface area (Å²) in [5.74, 6) is 0. The number of hydrogen-bond donors (Lipinski definition) is 1. The van der Waals surface area contributed by atoms with Gasteiger partial charge in [0, 0.05) is 0 Å². The van der Waals surface area contributed by atoms with Crippen molar-refractivity contribution in [1.82, 2.24) is 0 Å². The summed E-state index contributed by atoms with van der Waals surface area (Å²) < 4.78 is 22.3. The van der Waals surface area contributed by atoms with Gasteiger partial charge in [0.2, 0.25) is 10.0 Å². The number of aryl methyl sites for hydroxylation is 3. The Balaban J connectivity index is 3.57. The fourth-order valence-corrected chi connectivity index (χ4v) is 2.50. The van der Waals surface area contributed by atoms with Gasteiger partial charge < -0.3 is 0 Å². The Kier molecular flexibility index (Phi) is 2.45. The first-order valence-electron chi connectivity index (χ1n) is 3.85. The molecule has 4 heteroatoms. The van der Waals surface area contributed by atoms with Gasteiger partial charge in [0.05, 0.1) is 4.90 Å². The van der Waals surface area contributed by atoms with Gasteiger partial charge in [-0.2, -0.15) is 0 Å². The molecule has 0 bridgehead atoms. The van der Waals surface area contributed by atoms with E-state index in [4.69, 9.17) is 5.14 Å². The average Bonchev–Trinajstić information content (AvgIpc) is 1.78. The van der Waals surface area contributed by atoms with Crippen LogP contribution in [0.5, 0.6) is 0 Å². The topological polar surface area (TPSA) is 60.2 Å². The van der Waals surface area contributed by atoms with Crippen molar-refractivity contribution in [2.45, 2.75) is 25.7 Å². The third-order valence-electron chi connectivity index (χ3n) is 1.80. The molecule has 0 unspecified atom stereocenters. The molecule has 0 spiro atoms. The van der Waals surface area contributed by atoms with Crippen LogP contribution in [0.4, 0.5) is 0 Å². The van der Waals surface area contributed by atoms with E-state index in [1.165, 1.54) is 0 Å². The summed E-state index contributed by atoms with van der Waals surface area (Å²) in [6, 6.07) is 4.68. The fraction of sp³-hybridized carbons (Fsp3) is 0.333. The zero-order chi connectivity index (χ0) is 10.2. The minimum Gasteiger partial charge on any atom is -0.225 e. The molecule has 1 aromatic rings. The van der Waals surface area contributed by atoms with Crippen molar-refractivity contribution in [3.63, 3.8) is 0 Å². The second-order valence-corrected chi connectivity index (χ2v) is 4.63. The molecular formula is C9H12NO2S. The zero-order valence-electron chi connectivity index (χ0n) is 7.88. The van der Waals surface area contributed by atoms with Gasteiger partial charge in [-0.25, -0.2) is 13.6 Å². The standard InChI is InChI=1S/C9H12NO2S/c1-6-4-7(2)9(8(3)5-6)13(10,11)12/h4H,1-3H3,(H2,10,11,12). The summed E-state index contributed by atoms with van der Waals surface area (Å²) >= 11 is 0. The molecule has 0 atom stereocenters. The maximum atomic E-state index is 11.1. The van der Waals surface area contributed by atoms with Crippen molar-refractivity contribution in [3.8, 4) is 0 Å². The molecule has 0 saturated heterocycles. The number of rotatable bonds is 1. The lowest BCUT2D eigenvalue weighted by Crippen LogP contribution is -2.15. The van der Waals surface area contributed by atoms with E-state index in [9.17, 15) is 8.42 Å². The van der Waals surface area contributed by atoms with Crippen LogP contribution in [0.25, 0.3) is 0 Å². The van der Waals surface area contributed by atoms with E-state index < -0.39 is 10.0 Å². The van der Waals surface area contributed by atoms with E-state index >= 15 is 0 Å². The minimum atomic E-state index is -3.61. The van der Waals surface area contributed by atoms with Crippen molar-refractivity contribution >= 4 is 10.0 Å². The van der Waals surface area contributed by atoms with Crippen LogP contribution in [-0.2, 0) is 10.0 Å². The second-order valence-electron chi connectivity index (χ2n) is 3.13. The molecular weight excluding hydrogens is 186 g/mol. The van der Waals surface area contributed by atoms with Gasteiger partial charge in [0.15, 0.2) is 0 Å². The Hall–Kier alpha value is -0.870. The predicted octanol–water partition coefficient (Wildman–Crippen LogP) is 1.06. The summed E-state index contributed by atoms with van der Waals surface area (Å²) in [5.41, 5.74) is 2.18. The largest absolute Gasteiger partial charge is 0.238 e. The highest BCUT2D eigenvalue weighted by Crippen LogP contribution is 2.19. The van der Waals surface area contributed by atoms with Crippen LogP contribution in [-0.4, -0.2) is 8.42 Å². The summed E-state index contributed by atoms with van der Waals surface area (Å²) in [4.78, 5) is 0.193. The minimum absolute atomic E-state index is 0.193. The van der Waals surface area contributed by atoms with Crippen molar-refractivity contribution in [1.29, 1.82) is 0 Å².